The van der Waals surface area contributed by atoms with Crippen LogP contribution in [0, 0.1) is 18.4 Å². The highest BCUT2D eigenvalue weighted by atomic mass is 32.2. The summed E-state index contributed by atoms with van der Waals surface area (Å²) >= 11 is 3.38. The third-order valence-electron chi connectivity index (χ3n) is 2.01. The topological polar surface area (TPSA) is 76.9 Å². The SMILES string of the molecule is C/N=C(\NC#N)SCCSCc1nc[nH]c1C. The van der Waals surface area contributed by atoms with Gasteiger partial charge in [0.05, 0.1) is 12.0 Å². The number of nitrogens with zero attached hydrogens (tertiary/aromatic N) is 3. The van der Waals surface area contributed by atoms with Crippen LogP contribution < -0.4 is 5.32 Å². The summed E-state index contributed by atoms with van der Waals surface area (Å²) in [5.74, 6) is 2.85. The van der Waals surface area contributed by atoms with Crippen LogP contribution in [0.5, 0.6) is 0 Å². The summed E-state index contributed by atoms with van der Waals surface area (Å²) in [5, 5.41) is 11.7. The second-order valence-corrected chi connectivity index (χ2v) is 5.33. The minimum atomic E-state index is 0.670. The lowest BCUT2D eigenvalue weighted by atomic mass is 10.4. The first-order valence-electron chi connectivity index (χ1n) is 5.09. The number of nitrogens with one attached hydrogen (secondary N) is 2. The molecule has 0 aromatic carbocycles. The lowest BCUT2D eigenvalue weighted by Crippen LogP contribution is -2.14. The second kappa shape index (κ2) is 8.03. The van der Waals surface area contributed by atoms with Gasteiger partial charge in [-0.05, 0) is 6.92 Å². The normalized spacial score (nSPS) is 11.2. The number of aromatic amines is 1. The van der Waals surface area contributed by atoms with Gasteiger partial charge in [-0.15, -0.1) is 0 Å². The molecule has 92 valence electrons. The van der Waals surface area contributed by atoms with Gasteiger partial charge in [0.25, 0.3) is 0 Å². The molecule has 0 spiro atoms. The van der Waals surface area contributed by atoms with E-state index in [1.807, 2.05) is 24.9 Å². The molecule has 1 rings (SSSR count). The Morgan fingerprint density at radius 2 is 2.47 bits per heavy atom. The number of hydrogen-bond donors (Lipinski definition) is 2. The number of aliphatic imine (C=N–C) groups is 1. The van der Waals surface area contributed by atoms with Crippen molar-refractivity contribution in [2.75, 3.05) is 18.6 Å². The summed E-state index contributed by atoms with van der Waals surface area (Å²) in [7, 11) is 1.67. The molecule has 1 aromatic heterocycles. The van der Waals surface area contributed by atoms with Gasteiger partial charge in [-0.1, -0.05) is 11.8 Å². The number of H-pyrrole nitrogens is 1. The molecule has 7 heteroatoms. The Morgan fingerprint density at radius 3 is 3.06 bits per heavy atom. The van der Waals surface area contributed by atoms with Crippen molar-refractivity contribution < 1.29 is 0 Å². The van der Waals surface area contributed by atoms with Crippen LogP contribution >= 0.6 is 23.5 Å². The van der Waals surface area contributed by atoms with Crippen molar-refractivity contribution in [2.45, 2.75) is 12.7 Å². The summed E-state index contributed by atoms with van der Waals surface area (Å²) in [6, 6.07) is 0. The van der Waals surface area contributed by atoms with Crippen LogP contribution in [0.25, 0.3) is 0 Å². The predicted octanol–water partition coefficient (Wildman–Crippen LogP) is 1.74. The summed E-state index contributed by atoms with van der Waals surface area (Å²) in [6.07, 6.45) is 3.59. The van der Waals surface area contributed by atoms with Crippen molar-refractivity contribution in [3.63, 3.8) is 0 Å². The standard InChI is InChI=1S/C10H15N5S2/c1-8-9(15-7-14-8)5-16-3-4-17-10(12-2)13-6-11/h7H,3-5H2,1-2H3,(H,12,13)(H,14,15). The Bertz CT molecular complexity index is 407. The monoisotopic (exact) mass is 269 g/mol. The Hall–Kier alpha value is -1.13. The zero-order chi connectivity index (χ0) is 12.5. The molecule has 0 aliphatic heterocycles. The number of thioether (sulfide) groups is 2. The van der Waals surface area contributed by atoms with Crippen LogP contribution in [-0.4, -0.2) is 33.7 Å². The fraction of sp³-hybridized carbons (Fsp3) is 0.500. The highest BCUT2D eigenvalue weighted by Crippen LogP contribution is 2.14. The second-order valence-electron chi connectivity index (χ2n) is 3.14. The van der Waals surface area contributed by atoms with E-state index in [0.29, 0.717) is 5.17 Å². The predicted molar refractivity (Wildman–Crippen MR) is 74.1 cm³/mol. The number of nitriles is 1. The van der Waals surface area contributed by atoms with E-state index < -0.39 is 0 Å². The third kappa shape index (κ3) is 5.15. The van der Waals surface area contributed by atoms with Crippen molar-refractivity contribution in [1.82, 2.24) is 15.3 Å². The highest BCUT2D eigenvalue weighted by molar-refractivity contribution is 8.14. The Labute approximate surface area is 109 Å². The minimum Gasteiger partial charge on any atom is -0.348 e. The van der Waals surface area contributed by atoms with Gasteiger partial charge >= 0.3 is 0 Å². The van der Waals surface area contributed by atoms with E-state index in [9.17, 15) is 0 Å². The molecular formula is C10H15N5S2. The maximum Gasteiger partial charge on any atom is 0.183 e. The zero-order valence-corrected chi connectivity index (χ0v) is 11.5. The molecule has 0 fully saturated rings. The highest BCUT2D eigenvalue weighted by Gasteiger charge is 2.01. The number of imidazole rings is 1. The molecule has 0 atom stereocenters. The summed E-state index contributed by atoms with van der Waals surface area (Å²) in [5.41, 5.74) is 2.24. The number of aromatic nitrogens is 2. The van der Waals surface area contributed by atoms with Crippen LogP contribution in [0.4, 0.5) is 0 Å². The quantitative estimate of drug-likeness (QED) is 0.280. The van der Waals surface area contributed by atoms with Crippen LogP contribution in [-0.2, 0) is 5.75 Å². The van der Waals surface area contributed by atoms with E-state index in [1.54, 1.807) is 25.1 Å². The van der Waals surface area contributed by atoms with E-state index >= 15 is 0 Å². The molecule has 2 N–H and O–H groups in total. The number of rotatable bonds is 5. The molecule has 17 heavy (non-hydrogen) atoms. The van der Waals surface area contributed by atoms with Crippen LogP contribution in [0.15, 0.2) is 11.3 Å². The van der Waals surface area contributed by atoms with Gasteiger partial charge in [0.15, 0.2) is 11.4 Å². The van der Waals surface area contributed by atoms with E-state index in [-0.39, 0.29) is 0 Å². The van der Waals surface area contributed by atoms with Gasteiger partial charge in [0.1, 0.15) is 0 Å². The van der Waals surface area contributed by atoms with E-state index in [1.165, 1.54) is 0 Å². The molecule has 1 heterocycles. The smallest absolute Gasteiger partial charge is 0.183 e. The summed E-state index contributed by atoms with van der Waals surface area (Å²) < 4.78 is 0. The number of hydrogen-bond acceptors (Lipinski definition) is 5. The average molecular weight is 269 g/mol. The Balaban J connectivity index is 2.13. The van der Waals surface area contributed by atoms with Crippen molar-refractivity contribution >= 4 is 28.7 Å². The Kier molecular flexibility index (Phi) is 6.58. The van der Waals surface area contributed by atoms with E-state index in [0.717, 1.165) is 28.6 Å². The van der Waals surface area contributed by atoms with Crippen LogP contribution in [0.3, 0.4) is 0 Å². The fourth-order valence-electron chi connectivity index (χ4n) is 1.10. The lowest BCUT2D eigenvalue weighted by Gasteiger charge is -2.02. The largest absolute Gasteiger partial charge is 0.348 e. The number of aryl methyl sites for hydroxylation is 1. The maximum absolute atomic E-state index is 8.45. The molecule has 0 bridgehead atoms. The molecule has 0 unspecified atom stereocenters. The van der Waals surface area contributed by atoms with Crippen LogP contribution in [0.2, 0.25) is 0 Å². The third-order valence-corrected chi connectivity index (χ3v) is 4.20. The maximum atomic E-state index is 8.45. The van der Waals surface area contributed by atoms with Crippen LogP contribution in [0.1, 0.15) is 11.4 Å². The van der Waals surface area contributed by atoms with Gasteiger partial charge < -0.3 is 4.98 Å². The van der Waals surface area contributed by atoms with Gasteiger partial charge in [-0.2, -0.15) is 17.0 Å². The molecule has 0 saturated carbocycles. The molecule has 0 radical (unpaired) electrons. The first kappa shape index (κ1) is 13.9. The molecular weight excluding hydrogens is 254 g/mol. The van der Waals surface area contributed by atoms with E-state index in [4.69, 9.17) is 5.26 Å². The summed E-state index contributed by atoms with van der Waals surface area (Å²) in [6.45, 7) is 2.02. The average Bonchev–Trinajstić information content (AvgIpc) is 2.73. The Morgan fingerprint density at radius 1 is 1.65 bits per heavy atom. The first-order valence-corrected chi connectivity index (χ1v) is 7.23. The van der Waals surface area contributed by atoms with Crippen molar-refractivity contribution in [1.29, 1.82) is 5.26 Å². The molecule has 0 aliphatic carbocycles. The molecule has 5 nitrogen and oxygen atoms in total. The minimum absolute atomic E-state index is 0.670. The molecule has 1 aromatic rings. The summed E-state index contributed by atoms with van der Waals surface area (Å²) in [4.78, 5) is 11.2. The van der Waals surface area contributed by atoms with E-state index in [2.05, 4.69) is 20.3 Å². The van der Waals surface area contributed by atoms with Gasteiger partial charge in [0.2, 0.25) is 0 Å². The van der Waals surface area contributed by atoms with Crippen molar-refractivity contribution in [3.05, 3.63) is 17.7 Å². The van der Waals surface area contributed by atoms with Gasteiger partial charge in [0, 0.05) is 30.0 Å². The molecule has 0 aliphatic rings. The first-order chi connectivity index (χ1) is 8.27. The van der Waals surface area contributed by atoms with Crippen molar-refractivity contribution in [3.8, 4) is 6.19 Å². The van der Waals surface area contributed by atoms with Gasteiger partial charge in [-0.3, -0.25) is 10.3 Å². The lowest BCUT2D eigenvalue weighted by molar-refractivity contribution is 1.19. The molecule has 0 saturated heterocycles. The van der Waals surface area contributed by atoms with Gasteiger partial charge in [-0.25, -0.2) is 4.98 Å². The fourth-order valence-corrected chi connectivity index (χ4v) is 2.98. The number of amidine groups is 1. The molecule has 0 amide bonds. The zero-order valence-electron chi connectivity index (χ0n) is 9.86. The van der Waals surface area contributed by atoms with Crippen molar-refractivity contribution in [2.24, 2.45) is 4.99 Å².